The van der Waals surface area contributed by atoms with Gasteiger partial charge in [0.2, 0.25) is 0 Å². The van der Waals surface area contributed by atoms with Crippen LogP contribution in [0.4, 0.5) is 5.82 Å². The minimum absolute atomic E-state index is 0.332. The SMILES string of the molecule is NC(=S)c1ccnnc1NCCc1cccs1. The topological polar surface area (TPSA) is 63.8 Å². The normalized spacial score (nSPS) is 10.1. The minimum atomic E-state index is 0.332. The van der Waals surface area contributed by atoms with Crippen molar-refractivity contribution in [2.75, 3.05) is 11.9 Å². The van der Waals surface area contributed by atoms with Gasteiger partial charge >= 0.3 is 0 Å². The summed E-state index contributed by atoms with van der Waals surface area (Å²) in [4.78, 5) is 1.66. The summed E-state index contributed by atoms with van der Waals surface area (Å²) < 4.78 is 0. The fourth-order valence-electron chi connectivity index (χ4n) is 1.42. The maximum atomic E-state index is 5.61. The number of hydrogen-bond donors (Lipinski definition) is 2. The molecule has 17 heavy (non-hydrogen) atoms. The van der Waals surface area contributed by atoms with Crippen LogP contribution in [0, 0.1) is 0 Å². The van der Waals surface area contributed by atoms with Crippen molar-refractivity contribution in [1.82, 2.24) is 10.2 Å². The molecule has 2 rings (SSSR count). The molecule has 0 saturated heterocycles. The van der Waals surface area contributed by atoms with Gasteiger partial charge in [-0.25, -0.2) is 0 Å². The van der Waals surface area contributed by atoms with E-state index in [9.17, 15) is 0 Å². The zero-order chi connectivity index (χ0) is 12.1. The first-order chi connectivity index (χ1) is 8.27. The van der Waals surface area contributed by atoms with Gasteiger partial charge in [0.05, 0.1) is 11.8 Å². The molecule has 0 aromatic carbocycles. The first-order valence-electron chi connectivity index (χ1n) is 5.15. The van der Waals surface area contributed by atoms with Crippen LogP contribution in [0.2, 0.25) is 0 Å². The summed E-state index contributed by atoms with van der Waals surface area (Å²) in [5, 5.41) is 13.1. The zero-order valence-corrected chi connectivity index (χ0v) is 10.7. The third-order valence-corrected chi connectivity index (χ3v) is 3.39. The summed E-state index contributed by atoms with van der Waals surface area (Å²) in [6.45, 7) is 0.787. The molecule has 2 aromatic rings. The molecule has 0 unspecified atom stereocenters. The van der Waals surface area contributed by atoms with Gasteiger partial charge in [-0.15, -0.1) is 16.4 Å². The molecule has 0 aliphatic rings. The molecule has 0 saturated carbocycles. The molecule has 4 nitrogen and oxygen atoms in total. The van der Waals surface area contributed by atoms with Crippen LogP contribution >= 0.6 is 23.6 Å². The lowest BCUT2D eigenvalue weighted by molar-refractivity contribution is 0.974. The van der Waals surface area contributed by atoms with E-state index in [1.165, 1.54) is 4.88 Å². The maximum Gasteiger partial charge on any atom is 0.158 e. The van der Waals surface area contributed by atoms with Crippen molar-refractivity contribution < 1.29 is 0 Å². The highest BCUT2D eigenvalue weighted by Crippen LogP contribution is 2.12. The lowest BCUT2D eigenvalue weighted by Crippen LogP contribution is -2.16. The van der Waals surface area contributed by atoms with E-state index in [2.05, 4.69) is 27.0 Å². The van der Waals surface area contributed by atoms with E-state index < -0.39 is 0 Å². The molecule has 6 heteroatoms. The predicted molar refractivity (Wildman–Crippen MR) is 74.4 cm³/mol. The van der Waals surface area contributed by atoms with Crippen molar-refractivity contribution in [3.05, 3.63) is 40.2 Å². The van der Waals surface area contributed by atoms with E-state index in [-0.39, 0.29) is 0 Å². The standard InChI is InChI=1S/C11H12N4S2/c12-10(16)9-4-6-14-15-11(9)13-5-3-8-2-1-7-17-8/h1-2,4,6-7H,3,5H2,(H2,12,16)(H,13,15). The van der Waals surface area contributed by atoms with Crippen molar-refractivity contribution >= 4 is 34.4 Å². The van der Waals surface area contributed by atoms with Crippen LogP contribution in [0.15, 0.2) is 29.8 Å². The summed E-state index contributed by atoms with van der Waals surface area (Å²) >= 11 is 6.69. The summed E-state index contributed by atoms with van der Waals surface area (Å²) in [6.07, 6.45) is 2.53. The van der Waals surface area contributed by atoms with Crippen molar-refractivity contribution in [1.29, 1.82) is 0 Å². The second-order valence-electron chi connectivity index (χ2n) is 3.41. The molecular formula is C11H12N4S2. The first kappa shape index (κ1) is 11.9. The van der Waals surface area contributed by atoms with E-state index in [0.29, 0.717) is 10.8 Å². The molecule has 2 heterocycles. The highest BCUT2D eigenvalue weighted by molar-refractivity contribution is 7.80. The molecule has 0 bridgehead atoms. The smallest absolute Gasteiger partial charge is 0.158 e. The van der Waals surface area contributed by atoms with Crippen LogP contribution in [-0.4, -0.2) is 21.7 Å². The van der Waals surface area contributed by atoms with Crippen molar-refractivity contribution in [3.8, 4) is 0 Å². The third kappa shape index (κ3) is 3.21. The Morgan fingerprint density at radius 2 is 2.35 bits per heavy atom. The summed E-state index contributed by atoms with van der Waals surface area (Å²) in [6, 6.07) is 5.92. The van der Waals surface area contributed by atoms with E-state index in [4.69, 9.17) is 18.0 Å². The number of nitrogens with one attached hydrogen (secondary N) is 1. The molecule has 0 atom stereocenters. The summed E-state index contributed by atoms with van der Waals surface area (Å²) in [7, 11) is 0. The van der Waals surface area contributed by atoms with Gasteiger partial charge in [0, 0.05) is 11.4 Å². The average molecular weight is 264 g/mol. The van der Waals surface area contributed by atoms with Crippen molar-refractivity contribution in [3.63, 3.8) is 0 Å². The van der Waals surface area contributed by atoms with E-state index >= 15 is 0 Å². The summed E-state index contributed by atoms with van der Waals surface area (Å²) in [5.41, 5.74) is 6.34. The second kappa shape index (κ2) is 5.70. The second-order valence-corrected chi connectivity index (χ2v) is 4.89. The van der Waals surface area contributed by atoms with Gasteiger partial charge in [-0.3, -0.25) is 0 Å². The van der Waals surface area contributed by atoms with Gasteiger partial charge in [-0.1, -0.05) is 18.3 Å². The third-order valence-electron chi connectivity index (χ3n) is 2.23. The van der Waals surface area contributed by atoms with Crippen LogP contribution in [0.3, 0.4) is 0 Å². The maximum absolute atomic E-state index is 5.61. The van der Waals surface area contributed by atoms with E-state index in [1.807, 2.05) is 6.07 Å². The Bertz CT molecular complexity index is 496. The Labute approximate surface area is 109 Å². The molecule has 0 aliphatic carbocycles. The number of hydrogen-bond acceptors (Lipinski definition) is 5. The fourth-order valence-corrected chi connectivity index (χ4v) is 2.29. The first-order valence-corrected chi connectivity index (χ1v) is 6.44. The zero-order valence-electron chi connectivity index (χ0n) is 9.09. The fraction of sp³-hybridized carbons (Fsp3) is 0.182. The Hall–Kier alpha value is -1.53. The van der Waals surface area contributed by atoms with E-state index in [0.717, 1.165) is 18.5 Å². The monoisotopic (exact) mass is 264 g/mol. The molecule has 0 spiro atoms. The Kier molecular flexibility index (Phi) is 4.00. The molecular weight excluding hydrogens is 252 g/mol. The highest BCUT2D eigenvalue weighted by Gasteiger charge is 2.05. The molecule has 3 N–H and O–H groups in total. The van der Waals surface area contributed by atoms with Crippen molar-refractivity contribution in [2.24, 2.45) is 5.73 Å². The van der Waals surface area contributed by atoms with E-state index in [1.54, 1.807) is 23.6 Å². The highest BCUT2D eigenvalue weighted by atomic mass is 32.1. The van der Waals surface area contributed by atoms with Crippen LogP contribution in [0.5, 0.6) is 0 Å². The van der Waals surface area contributed by atoms with Gasteiger partial charge in [-0.2, -0.15) is 5.10 Å². The number of thiophene rings is 1. The average Bonchev–Trinajstić information content (AvgIpc) is 2.82. The summed E-state index contributed by atoms with van der Waals surface area (Å²) in [5.74, 6) is 0.650. The van der Waals surface area contributed by atoms with Gasteiger partial charge < -0.3 is 11.1 Å². The molecule has 2 aromatic heterocycles. The molecule has 0 fully saturated rings. The minimum Gasteiger partial charge on any atom is -0.389 e. The number of nitrogens with two attached hydrogens (primary N) is 1. The van der Waals surface area contributed by atoms with Gasteiger partial charge in [-0.05, 0) is 23.9 Å². The van der Waals surface area contributed by atoms with Crippen LogP contribution in [-0.2, 0) is 6.42 Å². The number of aromatic nitrogens is 2. The lowest BCUT2D eigenvalue weighted by atomic mass is 10.2. The number of nitrogens with zero attached hydrogens (tertiary/aromatic N) is 2. The van der Waals surface area contributed by atoms with Gasteiger partial charge in [0.15, 0.2) is 5.82 Å². The molecule has 88 valence electrons. The molecule has 0 amide bonds. The van der Waals surface area contributed by atoms with Gasteiger partial charge in [0.1, 0.15) is 4.99 Å². The largest absolute Gasteiger partial charge is 0.389 e. The predicted octanol–water partition coefficient (Wildman–Crippen LogP) is 1.83. The Morgan fingerprint density at radius 1 is 1.47 bits per heavy atom. The van der Waals surface area contributed by atoms with Crippen LogP contribution in [0.1, 0.15) is 10.4 Å². The number of thiocarbonyl (C=S) groups is 1. The lowest BCUT2D eigenvalue weighted by Gasteiger charge is -2.07. The quantitative estimate of drug-likeness (QED) is 0.807. The number of rotatable bonds is 5. The molecule has 0 radical (unpaired) electrons. The molecule has 0 aliphatic heterocycles. The van der Waals surface area contributed by atoms with Gasteiger partial charge in [0.25, 0.3) is 0 Å². The van der Waals surface area contributed by atoms with Crippen LogP contribution in [0.25, 0.3) is 0 Å². The van der Waals surface area contributed by atoms with Crippen molar-refractivity contribution in [2.45, 2.75) is 6.42 Å². The Morgan fingerprint density at radius 3 is 3.06 bits per heavy atom. The van der Waals surface area contributed by atoms with Crippen LogP contribution < -0.4 is 11.1 Å². The Balaban J connectivity index is 1.97. The number of anilines is 1.